The summed E-state index contributed by atoms with van der Waals surface area (Å²) >= 11 is 0. The van der Waals surface area contributed by atoms with Gasteiger partial charge in [0.25, 0.3) is 0 Å². The Hall–Kier alpha value is -9.83. The Morgan fingerprint density at radius 1 is 0.368 bits per heavy atom. The second kappa shape index (κ2) is 14.3. The monoisotopic (exact) mass is 869 g/mol. The third kappa shape index (κ3) is 5.39. The Kier molecular flexibility index (Phi) is 7.91. The number of fused-ring (bicyclic) bond motifs is 14. The van der Waals surface area contributed by atoms with Gasteiger partial charge in [-0.1, -0.05) is 115 Å². The van der Waals surface area contributed by atoms with Crippen molar-refractivity contribution in [2.75, 3.05) is 0 Å². The lowest BCUT2D eigenvalue weighted by molar-refractivity contribution is 0.670. The molecule has 0 saturated carbocycles. The first kappa shape index (κ1) is 37.5. The fourth-order valence-corrected chi connectivity index (χ4v) is 10.3. The summed E-state index contributed by atoms with van der Waals surface area (Å²) in [7, 11) is 0. The van der Waals surface area contributed by atoms with Crippen LogP contribution in [0.15, 0.2) is 197 Å². The van der Waals surface area contributed by atoms with Gasteiger partial charge < -0.3 is 18.0 Å². The van der Waals surface area contributed by atoms with Crippen molar-refractivity contribution in [3.63, 3.8) is 0 Å². The standard InChI is InChI=1S/C59H31N7O2/c60-32-34-22-28-49(65-47-18-8-4-14-37(47)41-24-26-43-39-16-6-10-20-51(39)67-55(43)53(41)65)45(30-34)58-62-57(36-12-2-1-3-13-36)63-59(64-58)46-31-35(33-61)23-29-50(46)66-48-19-9-5-15-38(48)42-25-27-44-40-17-7-11-21-52(40)68-56(44)54(42)66/h1-31H. The van der Waals surface area contributed by atoms with E-state index >= 15 is 0 Å². The van der Waals surface area contributed by atoms with Crippen molar-refractivity contribution in [1.29, 1.82) is 10.5 Å². The predicted octanol–water partition coefficient (Wildman–Crippen LogP) is 14.6. The zero-order chi connectivity index (χ0) is 45.0. The lowest BCUT2D eigenvalue weighted by atomic mass is 10.1. The summed E-state index contributed by atoms with van der Waals surface area (Å²) in [6.45, 7) is 0. The van der Waals surface area contributed by atoms with Crippen LogP contribution >= 0.6 is 0 Å². The maximum Gasteiger partial charge on any atom is 0.166 e. The van der Waals surface area contributed by atoms with Crippen molar-refractivity contribution in [2.45, 2.75) is 0 Å². The maximum absolute atomic E-state index is 10.5. The molecule has 14 rings (SSSR count). The molecule has 9 aromatic carbocycles. The van der Waals surface area contributed by atoms with E-state index < -0.39 is 0 Å². The van der Waals surface area contributed by atoms with Crippen molar-refractivity contribution in [3.05, 3.63) is 199 Å². The van der Waals surface area contributed by atoms with E-state index in [0.717, 1.165) is 104 Å². The molecule has 0 bridgehead atoms. The summed E-state index contributed by atoms with van der Waals surface area (Å²) < 4.78 is 17.9. The minimum Gasteiger partial charge on any atom is -0.454 e. The van der Waals surface area contributed by atoms with Gasteiger partial charge in [-0.25, -0.2) is 15.0 Å². The lowest BCUT2D eigenvalue weighted by Crippen LogP contribution is -2.06. The van der Waals surface area contributed by atoms with Gasteiger partial charge in [0, 0.05) is 59.8 Å². The highest BCUT2D eigenvalue weighted by atomic mass is 16.3. The van der Waals surface area contributed by atoms with Crippen molar-refractivity contribution in [1.82, 2.24) is 24.1 Å². The summed E-state index contributed by atoms with van der Waals surface area (Å²) in [5, 5.41) is 29.1. The Balaban J connectivity index is 1.09. The van der Waals surface area contributed by atoms with E-state index in [-0.39, 0.29) is 0 Å². The van der Waals surface area contributed by atoms with Crippen LogP contribution in [0.25, 0.3) is 133 Å². The molecule has 9 nitrogen and oxygen atoms in total. The second-order valence-corrected chi connectivity index (χ2v) is 16.9. The molecule has 0 aliphatic rings. The van der Waals surface area contributed by atoms with Gasteiger partial charge in [-0.3, -0.25) is 0 Å². The van der Waals surface area contributed by atoms with Gasteiger partial charge in [-0.15, -0.1) is 0 Å². The van der Waals surface area contributed by atoms with E-state index in [4.69, 9.17) is 23.8 Å². The second-order valence-electron chi connectivity index (χ2n) is 16.9. The van der Waals surface area contributed by atoms with E-state index in [9.17, 15) is 10.5 Å². The molecule has 0 spiro atoms. The van der Waals surface area contributed by atoms with Gasteiger partial charge in [-0.05, 0) is 72.8 Å². The van der Waals surface area contributed by atoms with Crippen LogP contribution < -0.4 is 0 Å². The number of para-hydroxylation sites is 4. The van der Waals surface area contributed by atoms with Crippen LogP contribution in [-0.4, -0.2) is 24.1 Å². The number of hydrogen-bond acceptors (Lipinski definition) is 7. The zero-order valence-corrected chi connectivity index (χ0v) is 35.8. The van der Waals surface area contributed by atoms with Crippen LogP contribution in [0.2, 0.25) is 0 Å². The molecule has 0 radical (unpaired) electrons. The molecule has 5 aromatic heterocycles. The molecule has 314 valence electrons. The molecule has 0 unspecified atom stereocenters. The third-order valence-corrected chi connectivity index (χ3v) is 13.2. The van der Waals surface area contributed by atoms with Crippen molar-refractivity contribution in [3.8, 4) is 57.7 Å². The average molecular weight is 870 g/mol. The first-order valence-corrected chi connectivity index (χ1v) is 22.2. The van der Waals surface area contributed by atoms with Crippen molar-refractivity contribution in [2.24, 2.45) is 0 Å². The zero-order valence-electron chi connectivity index (χ0n) is 35.8. The van der Waals surface area contributed by atoms with Gasteiger partial charge in [0.2, 0.25) is 0 Å². The van der Waals surface area contributed by atoms with E-state index in [1.807, 2.05) is 127 Å². The number of rotatable bonds is 5. The van der Waals surface area contributed by atoms with Crippen molar-refractivity contribution >= 4 is 87.5 Å². The first-order chi connectivity index (χ1) is 33.6. The van der Waals surface area contributed by atoms with Gasteiger partial charge in [0.15, 0.2) is 28.6 Å². The quantitative estimate of drug-likeness (QED) is 0.169. The minimum atomic E-state index is 0.346. The smallest absolute Gasteiger partial charge is 0.166 e. The molecule has 0 atom stereocenters. The Labute approximate surface area is 386 Å². The Bertz CT molecular complexity index is 4270. The first-order valence-electron chi connectivity index (χ1n) is 22.2. The van der Waals surface area contributed by atoms with Gasteiger partial charge in [0.1, 0.15) is 11.2 Å². The number of aromatic nitrogens is 5. The molecule has 14 aromatic rings. The van der Waals surface area contributed by atoms with Crippen molar-refractivity contribution < 1.29 is 8.83 Å². The van der Waals surface area contributed by atoms with Crippen LogP contribution in [0.4, 0.5) is 0 Å². The molecule has 0 saturated heterocycles. The fraction of sp³-hybridized carbons (Fsp3) is 0. The topological polar surface area (TPSA) is 122 Å². The normalized spacial score (nSPS) is 11.8. The summed E-state index contributed by atoms with van der Waals surface area (Å²) in [5.41, 5.74) is 11.1. The number of nitriles is 2. The summed E-state index contributed by atoms with van der Waals surface area (Å²) in [6.07, 6.45) is 0. The number of furan rings is 2. The number of benzene rings is 9. The van der Waals surface area contributed by atoms with Crippen LogP contribution in [0.5, 0.6) is 0 Å². The van der Waals surface area contributed by atoms with Crippen LogP contribution in [0.1, 0.15) is 11.1 Å². The fourth-order valence-electron chi connectivity index (χ4n) is 10.3. The van der Waals surface area contributed by atoms with E-state index in [0.29, 0.717) is 39.7 Å². The highest BCUT2D eigenvalue weighted by Gasteiger charge is 2.26. The number of hydrogen-bond donors (Lipinski definition) is 0. The molecule has 5 heterocycles. The molecular weight excluding hydrogens is 839 g/mol. The van der Waals surface area contributed by atoms with Crippen LogP contribution in [-0.2, 0) is 0 Å². The highest BCUT2D eigenvalue weighted by molar-refractivity contribution is 6.23. The molecular formula is C59H31N7O2. The predicted molar refractivity (Wildman–Crippen MR) is 269 cm³/mol. The third-order valence-electron chi connectivity index (χ3n) is 13.2. The summed E-state index contributed by atoms with van der Waals surface area (Å²) in [5.74, 6) is 1.12. The molecule has 68 heavy (non-hydrogen) atoms. The number of nitrogens with zero attached hydrogens (tertiary/aromatic N) is 7. The van der Waals surface area contributed by atoms with Gasteiger partial charge in [0.05, 0.1) is 56.7 Å². The Morgan fingerprint density at radius 3 is 1.26 bits per heavy atom. The lowest BCUT2D eigenvalue weighted by Gasteiger charge is -2.17. The minimum absolute atomic E-state index is 0.346. The van der Waals surface area contributed by atoms with E-state index in [1.165, 1.54) is 0 Å². The van der Waals surface area contributed by atoms with Gasteiger partial charge in [-0.2, -0.15) is 10.5 Å². The highest BCUT2D eigenvalue weighted by Crippen LogP contribution is 2.44. The average Bonchev–Trinajstić information content (AvgIpc) is 4.16. The molecule has 0 aliphatic heterocycles. The Morgan fingerprint density at radius 2 is 0.779 bits per heavy atom. The molecule has 0 N–H and O–H groups in total. The van der Waals surface area contributed by atoms with E-state index in [2.05, 4.69) is 81.9 Å². The largest absolute Gasteiger partial charge is 0.454 e. The maximum atomic E-state index is 10.5. The molecule has 0 amide bonds. The van der Waals surface area contributed by atoms with Crippen LogP contribution in [0, 0.1) is 22.7 Å². The molecule has 0 fully saturated rings. The van der Waals surface area contributed by atoms with Gasteiger partial charge >= 0.3 is 0 Å². The SMILES string of the molecule is N#Cc1ccc(-n2c3ccccc3c3ccc4c5ccccc5oc4c32)c(-c2nc(-c3ccccc3)nc(-c3cc(C#N)ccc3-n3c4ccccc4c4ccc5c6ccccc6oc5c43)n2)c1. The van der Waals surface area contributed by atoms with Crippen LogP contribution in [0.3, 0.4) is 0 Å². The van der Waals surface area contributed by atoms with E-state index in [1.54, 1.807) is 0 Å². The summed E-state index contributed by atoms with van der Waals surface area (Å²) in [4.78, 5) is 15.9. The molecule has 0 aliphatic carbocycles. The molecule has 9 heteroatoms. The summed E-state index contributed by atoms with van der Waals surface area (Å²) in [6, 6.07) is 67.2.